The van der Waals surface area contributed by atoms with Crippen molar-refractivity contribution in [1.29, 1.82) is 0 Å². The molecular formula is C14H22N6O2. The summed E-state index contributed by atoms with van der Waals surface area (Å²) in [5, 5.41) is 2.84. The number of nitrogens with two attached hydrogens (primary N) is 1. The van der Waals surface area contributed by atoms with E-state index in [0.29, 0.717) is 42.6 Å². The summed E-state index contributed by atoms with van der Waals surface area (Å²) >= 11 is 0. The fourth-order valence-electron chi connectivity index (χ4n) is 1.92. The molecule has 0 aliphatic rings. The molecule has 0 bridgehead atoms. The van der Waals surface area contributed by atoms with Gasteiger partial charge in [0.1, 0.15) is 17.9 Å². The number of carbonyl (C=O) groups is 1. The molecule has 0 radical (unpaired) electrons. The molecule has 2 aromatic rings. The Hall–Kier alpha value is -2.22. The second-order valence-corrected chi connectivity index (χ2v) is 5.53. The average Bonchev–Trinajstić information content (AvgIpc) is 2.89. The highest BCUT2D eigenvalue weighted by molar-refractivity contribution is 5.81. The number of nitrogens with one attached hydrogen (secondary N) is 1. The molecule has 0 aromatic carbocycles. The molecule has 120 valence electrons. The summed E-state index contributed by atoms with van der Waals surface area (Å²) in [6.07, 6.45) is 2.58. The number of hydrogen-bond acceptors (Lipinski definition) is 6. The second kappa shape index (κ2) is 7.17. The van der Waals surface area contributed by atoms with Gasteiger partial charge >= 0.3 is 0 Å². The highest BCUT2D eigenvalue weighted by Gasteiger charge is 2.13. The lowest BCUT2D eigenvalue weighted by Crippen LogP contribution is -2.36. The van der Waals surface area contributed by atoms with Crippen LogP contribution in [0.4, 0.5) is 5.82 Å². The summed E-state index contributed by atoms with van der Waals surface area (Å²) in [6, 6.07) is 0. The van der Waals surface area contributed by atoms with Crippen molar-refractivity contribution in [2.75, 3.05) is 18.9 Å². The SMILES string of the molecule is CC(C)COC(C)C(=O)NCCn1cnc2c(N)ncnc21. The van der Waals surface area contributed by atoms with Crippen molar-refractivity contribution in [2.24, 2.45) is 5.92 Å². The summed E-state index contributed by atoms with van der Waals surface area (Å²) in [4.78, 5) is 24.1. The number of nitrogen functional groups attached to an aromatic ring is 1. The van der Waals surface area contributed by atoms with Crippen LogP contribution in [0.2, 0.25) is 0 Å². The van der Waals surface area contributed by atoms with Gasteiger partial charge < -0.3 is 20.4 Å². The lowest BCUT2D eigenvalue weighted by Gasteiger charge is -2.15. The van der Waals surface area contributed by atoms with Crippen LogP contribution in [-0.4, -0.2) is 44.7 Å². The number of anilines is 1. The third-order valence-electron chi connectivity index (χ3n) is 3.13. The van der Waals surface area contributed by atoms with Crippen LogP contribution >= 0.6 is 0 Å². The van der Waals surface area contributed by atoms with Gasteiger partial charge in [0.05, 0.1) is 6.33 Å². The van der Waals surface area contributed by atoms with E-state index in [1.165, 1.54) is 6.33 Å². The van der Waals surface area contributed by atoms with Gasteiger partial charge in [-0.2, -0.15) is 0 Å². The Morgan fingerprint density at radius 1 is 1.36 bits per heavy atom. The van der Waals surface area contributed by atoms with Crippen molar-refractivity contribution < 1.29 is 9.53 Å². The van der Waals surface area contributed by atoms with Crippen LogP contribution in [0.1, 0.15) is 20.8 Å². The minimum absolute atomic E-state index is 0.126. The molecule has 0 fully saturated rings. The van der Waals surface area contributed by atoms with Crippen LogP contribution < -0.4 is 11.1 Å². The lowest BCUT2D eigenvalue weighted by molar-refractivity contribution is -0.132. The molecule has 2 aromatic heterocycles. The van der Waals surface area contributed by atoms with E-state index in [2.05, 4.69) is 20.3 Å². The van der Waals surface area contributed by atoms with E-state index in [1.807, 2.05) is 18.4 Å². The molecule has 8 nitrogen and oxygen atoms in total. The van der Waals surface area contributed by atoms with E-state index in [-0.39, 0.29) is 5.91 Å². The monoisotopic (exact) mass is 306 g/mol. The molecule has 1 atom stereocenters. The number of nitrogens with zero attached hydrogens (tertiary/aromatic N) is 4. The average molecular weight is 306 g/mol. The van der Waals surface area contributed by atoms with E-state index in [9.17, 15) is 4.79 Å². The maximum absolute atomic E-state index is 11.9. The fraction of sp³-hybridized carbons (Fsp3) is 0.571. The summed E-state index contributed by atoms with van der Waals surface area (Å²) in [5.41, 5.74) is 6.96. The quantitative estimate of drug-likeness (QED) is 0.775. The Labute approximate surface area is 129 Å². The Morgan fingerprint density at radius 2 is 2.14 bits per heavy atom. The first kappa shape index (κ1) is 16.2. The molecule has 3 N–H and O–H groups in total. The summed E-state index contributed by atoms with van der Waals surface area (Å²) in [5.74, 6) is 0.625. The number of rotatable bonds is 7. The van der Waals surface area contributed by atoms with Gasteiger partial charge in [-0.05, 0) is 12.8 Å². The first-order valence-corrected chi connectivity index (χ1v) is 7.29. The zero-order chi connectivity index (χ0) is 16.1. The fourth-order valence-corrected chi connectivity index (χ4v) is 1.92. The maximum atomic E-state index is 11.9. The van der Waals surface area contributed by atoms with Crippen LogP contribution in [0, 0.1) is 5.92 Å². The lowest BCUT2D eigenvalue weighted by atomic mass is 10.2. The molecule has 2 rings (SSSR count). The zero-order valence-corrected chi connectivity index (χ0v) is 13.1. The Morgan fingerprint density at radius 3 is 2.86 bits per heavy atom. The summed E-state index contributed by atoms with van der Waals surface area (Å²) in [7, 11) is 0. The van der Waals surface area contributed by atoms with Gasteiger partial charge in [-0.1, -0.05) is 13.8 Å². The Balaban J connectivity index is 1.85. The van der Waals surface area contributed by atoms with Gasteiger partial charge in [0.2, 0.25) is 5.91 Å². The molecule has 0 aliphatic carbocycles. The van der Waals surface area contributed by atoms with Gasteiger partial charge in [-0.15, -0.1) is 0 Å². The normalized spacial score (nSPS) is 12.7. The van der Waals surface area contributed by atoms with Crippen LogP contribution in [0.25, 0.3) is 11.2 Å². The van der Waals surface area contributed by atoms with E-state index < -0.39 is 6.10 Å². The van der Waals surface area contributed by atoms with Crippen molar-refractivity contribution in [2.45, 2.75) is 33.4 Å². The van der Waals surface area contributed by atoms with Gasteiger partial charge in [0.25, 0.3) is 0 Å². The molecule has 22 heavy (non-hydrogen) atoms. The van der Waals surface area contributed by atoms with Crippen LogP contribution in [0.5, 0.6) is 0 Å². The Bertz CT molecular complexity index is 639. The maximum Gasteiger partial charge on any atom is 0.248 e. The second-order valence-electron chi connectivity index (χ2n) is 5.53. The van der Waals surface area contributed by atoms with E-state index >= 15 is 0 Å². The zero-order valence-electron chi connectivity index (χ0n) is 13.1. The van der Waals surface area contributed by atoms with Crippen molar-refractivity contribution in [3.63, 3.8) is 0 Å². The number of fused-ring (bicyclic) bond motifs is 1. The summed E-state index contributed by atoms with van der Waals surface area (Å²) in [6.45, 7) is 7.42. The summed E-state index contributed by atoms with van der Waals surface area (Å²) < 4.78 is 7.30. The number of carbonyl (C=O) groups excluding carboxylic acids is 1. The van der Waals surface area contributed by atoms with Crippen LogP contribution in [0.15, 0.2) is 12.7 Å². The van der Waals surface area contributed by atoms with Gasteiger partial charge in [-0.25, -0.2) is 15.0 Å². The predicted octanol–water partition coefficient (Wildman–Crippen LogP) is 0.586. The predicted molar refractivity (Wildman–Crippen MR) is 83.0 cm³/mol. The van der Waals surface area contributed by atoms with E-state index in [4.69, 9.17) is 10.5 Å². The van der Waals surface area contributed by atoms with E-state index in [0.717, 1.165) is 0 Å². The molecule has 1 unspecified atom stereocenters. The number of ether oxygens (including phenoxy) is 1. The number of imidazole rings is 1. The van der Waals surface area contributed by atoms with Crippen molar-refractivity contribution in [3.05, 3.63) is 12.7 Å². The molecule has 0 saturated heterocycles. The molecule has 0 aliphatic heterocycles. The molecule has 1 amide bonds. The first-order chi connectivity index (χ1) is 10.5. The van der Waals surface area contributed by atoms with Crippen molar-refractivity contribution in [3.8, 4) is 0 Å². The molecule has 0 spiro atoms. The minimum Gasteiger partial charge on any atom is -0.382 e. The highest BCUT2D eigenvalue weighted by Crippen LogP contribution is 2.13. The number of aromatic nitrogens is 4. The van der Waals surface area contributed by atoms with Gasteiger partial charge in [-0.3, -0.25) is 4.79 Å². The standard InChI is InChI=1S/C14H22N6O2/c1-9(2)6-22-10(3)14(21)16-4-5-20-8-19-11-12(15)17-7-18-13(11)20/h7-10H,4-6H2,1-3H3,(H,16,21)(H2,15,17,18). The van der Waals surface area contributed by atoms with Gasteiger partial charge in [0, 0.05) is 19.7 Å². The third kappa shape index (κ3) is 3.91. The highest BCUT2D eigenvalue weighted by atomic mass is 16.5. The third-order valence-corrected chi connectivity index (χ3v) is 3.13. The van der Waals surface area contributed by atoms with Crippen LogP contribution in [0.3, 0.4) is 0 Å². The van der Waals surface area contributed by atoms with Gasteiger partial charge in [0.15, 0.2) is 11.5 Å². The topological polar surface area (TPSA) is 108 Å². The molecule has 0 saturated carbocycles. The molecule has 2 heterocycles. The van der Waals surface area contributed by atoms with E-state index in [1.54, 1.807) is 13.3 Å². The Kier molecular flexibility index (Phi) is 5.26. The van der Waals surface area contributed by atoms with Crippen molar-refractivity contribution in [1.82, 2.24) is 24.8 Å². The smallest absolute Gasteiger partial charge is 0.248 e. The molecular weight excluding hydrogens is 284 g/mol. The number of amides is 1. The largest absolute Gasteiger partial charge is 0.382 e. The van der Waals surface area contributed by atoms with Crippen molar-refractivity contribution >= 4 is 22.9 Å². The number of hydrogen-bond donors (Lipinski definition) is 2. The molecule has 8 heteroatoms. The first-order valence-electron chi connectivity index (χ1n) is 7.29. The minimum atomic E-state index is -0.458. The van der Waals surface area contributed by atoms with Crippen LogP contribution in [-0.2, 0) is 16.1 Å².